The second-order valence-electron chi connectivity index (χ2n) is 6.59. The maximum absolute atomic E-state index is 12.6. The minimum absolute atomic E-state index is 0.00803. The molecule has 4 rings (SSSR count). The summed E-state index contributed by atoms with van der Waals surface area (Å²) in [4.78, 5) is 27.6. The van der Waals surface area contributed by atoms with Gasteiger partial charge in [-0.25, -0.2) is 0 Å². The van der Waals surface area contributed by atoms with Gasteiger partial charge in [0.2, 0.25) is 0 Å². The molecular formula is C19H17ClN6O3. The van der Waals surface area contributed by atoms with Crippen LogP contribution in [0, 0.1) is 10.1 Å². The van der Waals surface area contributed by atoms with Crippen LogP contribution in [0.3, 0.4) is 0 Å². The number of amides is 1. The minimum atomic E-state index is -0.394. The van der Waals surface area contributed by atoms with Crippen LogP contribution >= 0.6 is 11.6 Å². The lowest BCUT2D eigenvalue weighted by molar-refractivity contribution is -0.384. The molecule has 1 amide bonds. The lowest BCUT2D eigenvalue weighted by Crippen LogP contribution is -2.49. The summed E-state index contributed by atoms with van der Waals surface area (Å²) in [5.41, 5.74) is 1.73. The third-order valence-electron chi connectivity index (χ3n) is 4.87. The average Bonchev–Trinajstić information content (AvgIpc) is 3.28. The third kappa shape index (κ3) is 3.90. The van der Waals surface area contributed by atoms with Crippen molar-refractivity contribution in [1.82, 2.24) is 19.7 Å². The van der Waals surface area contributed by atoms with E-state index in [1.54, 1.807) is 45.9 Å². The molecule has 3 aromatic rings. The first kappa shape index (κ1) is 18.9. The third-order valence-corrected chi connectivity index (χ3v) is 5.12. The molecule has 0 bridgehead atoms. The van der Waals surface area contributed by atoms with Gasteiger partial charge in [-0.1, -0.05) is 11.6 Å². The van der Waals surface area contributed by atoms with Crippen LogP contribution in [0.5, 0.6) is 0 Å². The van der Waals surface area contributed by atoms with Crippen molar-refractivity contribution in [2.24, 2.45) is 0 Å². The largest absolute Gasteiger partial charge is 0.362 e. The second-order valence-corrected chi connectivity index (χ2v) is 7.02. The Morgan fingerprint density at radius 3 is 2.28 bits per heavy atom. The van der Waals surface area contributed by atoms with Crippen LogP contribution in [0.25, 0.3) is 5.69 Å². The summed E-state index contributed by atoms with van der Waals surface area (Å²) >= 11 is 5.88. The molecule has 29 heavy (non-hydrogen) atoms. The van der Waals surface area contributed by atoms with E-state index >= 15 is 0 Å². The van der Waals surface area contributed by atoms with Crippen LogP contribution < -0.4 is 4.90 Å². The zero-order valence-corrected chi connectivity index (χ0v) is 16.1. The lowest BCUT2D eigenvalue weighted by Gasteiger charge is -2.36. The number of hydrogen-bond acceptors (Lipinski definition) is 6. The van der Waals surface area contributed by atoms with Crippen LogP contribution in [0.2, 0.25) is 5.02 Å². The van der Waals surface area contributed by atoms with Gasteiger partial charge < -0.3 is 9.80 Å². The van der Waals surface area contributed by atoms with Crippen LogP contribution in [0.4, 0.5) is 11.4 Å². The average molecular weight is 413 g/mol. The summed E-state index contributed by atoms with van der Waals surface area (Å²) in [6.07, 6.45) is 2.97. The number of hydrogen-bond donors (Lipinski definition) is 0. The van der Waals surface area contributed by atoms with Crippen LogP contribution in [0.15, 0.2) is 55.1 Å². The van der Waals surface area contributed by atoms with Gasteiger partial charge in [0.1, 0.15) is 18.3 Å². The summed E-state index contributed by atoms with van der Waals surface area (Å²) in [5.74, 6) is -0.0706. The molecule has 148 valence electrons. The van der Waals surface area contributed by atoms with Crippen molar-refractivity contribution >= 4 is 28.9 Å². The van der Waals surface area contributed by atoms with E-state index in [2.05, 4.69) is 10.2 Å². The van der Waals surface area contributed by atoms with Crippen molar-refractivity contribution in [3.05, 3.63) is 75.8 Å². The van der Waals surface area contributed by atoms with Crippen molar-refractivity contribution < 1.29 is 9.72 Å². The van der Waals surface area contributed by atoms with Gasteiger partial charge >= 0.3 is 0 Å². The Balaban J connectivity index is 1.50. The molecule has 0 atom stereocenters. The molecule has 0 radical (unpaired) electrons. The van der Waals surface area contributed by atoms with Gasteiger partial charge in [0.25, 0.3) is 11.6 Å². The van der Waals surface area contributed by atoms with E-state index < -0.39 is 4.92 Å². The zero-order valence-electron chi connectivity index (χ0n) is 15.3. The summed E-state index contributed by atoms with van der Waals surface area (Å²) < 4.78 is 1.61. The lowest BCUT2D eigenvalue weighted by atomic mass is 10.1. The van der Waals surface area contributed by atoms with Crippen molar-refractivity contribution in [2.75, 3.05) is 31.1 Å². The number of carbonyl (C=O) groups excluding carboxylic acids is 1. The molecule has 0 N–H and O–H groups in total. The van der Waals surface area contributed by atoms with Crippen molar-refractivity contribution in [2.45, 2.75) is 0 Å². The molecule has 2 heterocycles. The Morgan fingerprint density at radius 2 is 1.66 bits per heavy atom. The van der Waals surface area contributed by atoms with E-state index in [0.29, 0.717) is 48.1 Å². The standard InChI is InChI=1S/C19H17ClN6O3/c20-15-3-1-14(2-4-15)19(27)24-9-7-23(8-10-24)17-6-5-16(11-18(17)26(28)29)25-12-21-22-13-25/h1-6,11-13H,7-10H2. The van der Waals surface area contributed by atoms with Gasteiger partial charge in [0.05, 0.1) is 10.6 Å². The van der Waals surface area contributed by atoms with Gasteiger partial charge in [0.15, 0.2) is 0 Å². The molecule has 1 aromatic heterocycles. The highest BCUT2D eigenvalue weighted by Gasteiger charge is 2.26. The van der Waals surface area contributed by atoms with Gasteiger partial charge in [-0.05, 0) is 36.4 Å². The predicted octanol–water partition coefficient (Wildman–Crippen LogP) is 2.79. The number of halogens is 1. The molecule has 2 aromatic carbocycles. The SMILES string of the molecule is O=C(c1ccc(Cl)cc1)N1CCN(c2ccc(-n3cnnc3)cc2[N+](=O)[O-])CC1. The normalized spacial score (nSPS) is 14.1. The second kappa shape index (κ2) is 7.88. The Hall–Kier alpha value is -3.46. The van der Waals surface area contributed by atoms with Gasteiger partial charge in [-0.2, -0.15) is 0 Å². The minimum Gasteiger partial charge on any atom is -0.362 e. The summed E-state index contributed by atoms with van der Waals surface area (Å²) in [5, 5.41) is 19.7. The number of benzene rings is 2. The number of rotatable bonds is 4. The van der Waals surface area contributed by atoms with Gasteiger partial charge in [-0.3, -0.25) is 19.5 Å². The smallest absolute Gasteiger partial charge is 0.294 e. The molecular weight excluding hydrogens is 396 g/mol. The molecule has 10 heteroatoms. The number of piperazine rings is 1. The maximum atomic E-state index is 12.6. The van der Waals surface area contributed by atoms with E-state index in [4.69, 9.17) is 11.6 Å². The Labute approximate surface area is 171 Å². The Kier molecular flexibility index (Phi) is 5.13. The summed E-state index contributed by atoms with van der Waals surface area (Å²) in [6.45, 7) is 1.97. The number of nitrogens with zero attached hydrogens (tertiary/aromatic N) is 6. The van der Waals surface area contributed by atoms with E-state index in [1.807, 2.05) is 4.90 Å². The van der Waals surface area contributed by atoms with E-state index in [9.17, 15) is 14.9 Å². The first-order chi connectivity index (χ1) is 14.0. The fourth-order valence-electron chi connectivity index (χ4n) is 3.35. The molecule has 0 spiro atoms. The summed E-state index contributed by atoms with van der Waals surface area (Å²) in [6, 6.07) is 11.8. The van der Waals surface area contributed by atoms with Crippen LogP contribution in [-0.2, 0) is 0 Å². The number of aromatic nitrogens is 3. The summed E-state index contributed by atoms with van der Waals surface area (Å²) in [7, 11) is 0. The Bertz CT molecular complexity index is 1030. The number of carbonyl (C=O) groups is 1. The molecule has 9 nitrogen and oxygen atoms in total. The van der Waals surface area contributed by atoms with Crippen LogP contribution in [0.1, 0.15) is 10.4 Å². The van der Waals surface area contributed by atoms with Crippen molar-refractivity contribution in [3.8, 4) is 5.69 Å². The monoisotopic (exact) mass is 412 g/mol. The van der Waals surface area contributed by atoms with Gasteiger partial charge in [0, 0.05) is 42.8 Å². The van der Waals surface area contributed by atoms with Gasteiger partial charge in [-0.15, -0.1) is 10.2 Å². The number of nitro groups is 1. The molecule has 0 saturated carbocycles. The molecule has 1 fully saturated rings. The highest BCUT2D eigenvalue weighted by atomic mass is 35.5. The molecule has 1 saturated heterocycles. The van der Waals surface area contributed by atoms with Crippen LogP contribution in [-0.4, -0.2) is 56.7 Å². The quantitative estimate of drug-likeness (QED) is 0.482. The first-order valence-corrected chi connectivity index (χ1v) is 9.34. The highest BCUT2D eigenvalue weighted by molar-refractivity contribution is 6.30. The Morgan fingerprint density at radius 1 is 1.00 bits per heavy atom. The molecule has 0 aliphatic carbocycles. The van der Waals surface area contributed by atoms with E-state index in [1.165, 1.54) is 18.7 Å². The van der Waals surface area contributed by atoms with E-state index in [0.717, 1.165) is 0 Å². The topological polar surface area (TPSA) is 97.4 Å². The fourth-order valence-corrected chi connectivity index (χ4v) is 3.47. The van der Waals surface area contributed by atoms with E-state index in [-0.39, 0.29) is 11.6 Å². The maximum Gasteiger partial charge on any atom is 0.294 e. The number of anilines is 1. The van der Waals surface area contributed by atoms with Crippen molar-refractivity contribution in [3.63, 3.8) is 0 Å². The van der Waals surface area contributed by atoms with Crippen molar-refractivity contribution in [1.29, 1.82) is 0 Å². The zero-order chi connectivity index (χ0) is 20.4. The molecule has 1 aliphatic rings. The molecule has 1 aliphatic heterocycles. The predicted molar refractivity (Wildman–Crippen MR) is 108 cm³/mol. The fraction of sp³-hybridized carbons (Fsp3) is 0.211. The first-order valence-electron chi connectivity index (χ1n) is 8.96. The highest BCUT2D eigenvalue weighted by Crippen LogP contribution is 2.31. The number of nitro benzene ring substituents is 1. The molecule has 0 unspecified atom stereocenters.